The van der Waals surface area contributed by atoms with E-state index in [2.05, 4.69) is 10.3 Å². The van der Waals surface area contributed by atoms with Crippen LogP contribution in [0.3, 0.4) is 0 Å². The Bertz CT molecular complexity index is 783. The number of rotatable bonds is 5. The number of pyridine rings is 1. The van der Waals surface area contributed by atoms with E-state index >= 15 is 0 Å². The minimum atomic E-state index is -0.125. The monoisotopic (exact) mass is 366 g/mol. The van der Waals surface area contributed by atoms with Gasteiger partial charge in [0.25, 0.3) is 5.91 Å². The van der Waals surface area contributed by atoms with Gasteiger partial charge in [0.1, 0.15) is 12.4 Å². The van der Waals surface area contributed by atoms with Crippen molar-refractivity contribution in [2.45, 2.75) is 51.0 Å². The van der Waals surface area contributed by atoms with Gasteiger partial charge in [-0.3, -0.25) is 9.78 Å². The van der Waals surface area contributed by atoms with E-state index in [9.17, 15) is 4.79 Å². The summed E-state index contributed by atoms with van der Waals surface area (Å²) in [5, 5.41) is 2.94. The SMILES string of the molecule is O=C(Nc1ccc(OCC2CCCCO2)cc1)c1cnc2c(c1)CCCC2. The summed E-state index contributed by atoms with van der Waals surface area (Å²) in [4.78, 5) is 17.0. The van der Waals surface area contributed by atoms with Crippen LogP contribution in [0.5, 0.6) is 5.75 Å². The van der Waals surface area contributed by atoms with E-state index in [0.29, 0.717) is 12.2 Å². The van der Waals surface area contributed by atoms with Gasteiger partial charge in [-0.1, -0.05) is 0 Å². The van der Waals surface area contributed by atoms with Crippen LogP contribution >= 0.6 is 0 Å². The Hall–Kier alpha value is -2.40. The molecule has 1 unspecified atom stereocenters. The van der Waals surface area contributed by atoms with Crippen molar-refractivity contribution in [3.63, 3.8) is 0 Å². The minimum Gasteiger partial charge on any atom is -0.491 e. The molecule has 1 N–H and O–H groups in total. The Morgan fingerprint density at radius 3 is 2.81 bits per heavy atom. The highest BCUT2D eigenvalue weighted by Crippen LogP contribution is 2.22. The minimum absolute atomic E-state index is 0.125. The highest BCUT2D eigenvalue weighted by Gasteiger charge is 2.15. The van der Waals surface area contributed by atoms with Gasteiger partial charge in [-0.25, -0.2) is 0 Å². The highest BCUT2D eigenvalue weighted by atomic mass is 16.5. The third-order valence-corrected chi connectivity index (χ3v) is 5.25. The van der Waals surface area contributed by atoms with Crippen LogP contribution < -0.4 is 10.1 Å². The Balaban J connectivity index is 1.33. The zero-order chi connectivity index (χ0) is 18.5. The number of benzene rings is 1. The van der Waals surface area contributed by atoms with Crippen molar-refractivity contribution in [1.82, 2.24) is 4.98 Å². The van der Waals surface area contributed by atoms with Crippen LogP contribution in [-0.2, 0) is 17.6 Å². The summed E-state index contributed by atoms with van der Waals surface area (Å²) >= 11 is 0. The van der Waals surface area contributed by atoms with Crippen LogP contribution in [-0.4, -0.2) is 30.2 Å². The van der Waals surface area contributed by atoms with E-state index in [1.165, 1.54) is 24.8 Å². The number of hydrogen-bond donors (Lipinski definition) is 1. The summed E-state index contributed by atoms with van der Waals surface area (Å²) < 4.78 is 11.5. The first-order chi connectivity index (χ1) is 13.3. The Morgan fingerprint density at radius 2 is 2.00 bits per heavy atom. The number of fused-ring (bicyclic) bond motifs is 1. The molecule has 0 bridgehead atoms. The highest BCUT2D eigenvalue weighted by molar-refractivity contribution is 6.04. The van der Waals surface area contributed by atoms with Gasteiger partial charge in [0, 0.05) is 24.2 Å². The van der Waals surface area contributed by atoms with Gasteiger partial charge in [-0.15, -0.1) is 0 Å². The molecule has 1 aromatic heterocycles. The van der Waals surface area contributed by atoms with Crippen molar-refractivity contribution in [3.05, 3.63) is 53.3 Å². The quantitative estimate of drug-likeness (QED) is 0.863. The number of hydrogen-bond acceptors (Lipinski definition) is 4. The van der Waals surface area contributed by atoms with Crippen molar-refractivity contribution >= 4 is 11.6 Å². The van der Waals surface area contributed by atoms with E-state index in [1.54, 1.807) is 6.20 Å². The lowest BCUT2D eigenvalue weighted by Gasteiger charge is -2.22. The molecule has 27 heavy (non-hydrogen) atoms. The molecule has 4 rings (SSSR count). The fourth-order valence-electron chi connectivity index (χ4n) is 3.68. The summed E-state index contributed by atoms with van der Waals surface area (Å²) in [6.45, 7) is 1.41. The lowest BCUT2D eigenvalue weighted by Crippen LogP contribution is -2.25. The van der Waals surface area contributed by atoms with E-state index in [-0.39, 0.29) is 12.0 Å². The average molecular weight is 366 g/mol. The normalized spacial score (nSPS) is 19.2. The molecular formula is C22H26N2O3. The van der Waals surface area contributed by atoms with Gasteiger partial charge in [0.15, 0.2) is 0 Å². The number of ether oxygens (including phenoxy) is 2. The van der Waals surface area contributed by atoms with Crippen LogP contribution in [0.4, 0.5) is 5.69 Å². The van der Waals surface area contributed by atoms with Gasteiger partial charge in [-0.05, 0) is 80.8 Å². The van der Waals surface area contributed by atoms with Crippen molar-refractivity contribution in [2.24, 2.45) is 0 Å². The van der Waals surface area contributed by atoms with Gasteiger partial charge >= 0.3 is 0 Å². The number of carbonyl (C=O) groups excluding carboxylic acids is 1. The lowest BCUT2D eigenvalue weighted by atomic mass is 9.95. The molecule has 0 saturated carbocycles. The number of amides is 1. The molecule has 1 atom stereocenters. The van der Waals surface area contributed by atoms with Crippen molar-refractivity contribution in [2.75, 3.05) is 18.5 Å². The topological polar surface area (TPSA) is 60.5 Å². The first-order valence-electron chi connectivity index (χ1n) is 9.91. The molecule has 0 radical (unpaired) electrons. The molecule has 2 aliphatic rings. The van der Waals surface area contributed by atoms with Gasteiger partial charge in [0.2, 0.25) is 0 Å². The van der Waals surface area contributed by atoms with E-state index in [0.717, 1.165) is 49.4 Å². The van der Waals surface area contributed by atoms with E-state index < -0.39 is 0 Å². The molecule has 5 heteroatoms. The van der Waals surface area contributed by atoms with Crippen molar-refractivity contribution in [3.8, 4) is 5.75 Å². The maximum Gasteiger partial charge on any atom is 0.257 e. The molecule has 1 aliphatic carbocycles. The average Bonchev–Trinajstić information content (AvgIpc) is 2.73. The number of nitrogens with zero attached hydrogens (tertiary/aromatic N) is 1. The first-order valence-corrected chi connectivity index (χ1v) is 9.91. The maximum atomic E-state index is 12.5. The van der Waals surface area contributed by atoms with Crippen LogP contribution in [0.2, 0.25) is 0 Å². The lowest BCUT2D eigenvalue weighted by molar-refractivity contribution is -0.0110. The van der Waals surface area contributed by atoms with Crippen LogP contribution in [0.15, 0.2) is 36.5 Å². The fraction of sp³-hybridized carbons (Fsp3) is 0.455. The largest absolute Gasteiger partial charge is 0.491 e. The zero-order valence-electron chi connectivity index (χ0n) is 15.6. The zero-order valence-corrected chi connectivity index (χ0v) is 15.6. The standard InChI is InChI=1S/C22H26N2O3/c25-22(17-13-16-5-1-2-7-21(16)23-14-17)24-18-8-10-19(11-9-18)27-15-20-6-3-4-12-26-20/h8-11,13-14,20H,1-7,12,15H2,(H,24,25). The molecule has 142 valence electrons. The molecular weight excluding hydrogens is 340 g/mol. The number of aryl methyl sites for hydroxylation is 2. The molecule has 1 aliphatic heterocycles. The molecule has 2 heterocycles. The summed E-state index contributed by atoms with van der Waals surface area (Å²) in [6.07, 6.45) is 9.67. The van der Waals surface area contributed by atoms with E-state index in [4.69, 9.17) is 9.47 Å². The van der Waals surface area contributed by atoms with Crippen LogP contribution in [0.25, 0.3) is 0 Å². The number of nitrogens with one attached hydrogen (secondary N) is 1. The van der Waals surface area contributed by atoms with E-state index in [1.807, 2.05) is 30.3 Å². The molecule has 0 spiro atoms. The summed E-state index contributed by atoms with van der Waals surface area (Å²) in [5.74, 6) is 0.665. The maximum absolute atomic E-state index is 12.5. The second-order valence-electron chi connectivity index (χ2n) is 7.32. The second-order valence-corrected chi connectivity index (χ2v) is 7.32. The predicted octanol–water partition coefficient (Wildman–Crippen LogP) is 4.16. The molecule has 2 aromatic rings. The number of aromatic nitrogens is 1. The van der Waals surface area contributed by atoms with Crippen molar-refractivity contribution in [1.29, 1.82) is 0 Å². The van der Waals surface area contributed by atoms with Gasteiger partial charge in [0.05, 0.1) is 11.7 Å². The third-order valence-electron chi connectivity index (χ3n) is 5.25. The van der Waals surface area contributed by atoms with Crippen LogP contribution in [0.1, 0.15) is 53.7 Å². The van der Waals surface area contributed by atoms with Gasteiger partial charge in [-0.2, -0.15) is 0 Å². The second kappa shape index (κ2) is 8.53. The Kier molecular flexibility index (Phi) is 5.68. The number of anilines is 1. The molecule has 1 aromatic carbocycles. The fourth-order valence-corrected chi connectivity index (χ4v) is 3.68. The predicted molar refractivity (Wildman–Crippen MR) is 104 cm³/mol. The molecule has 1 amide bonds. The molecule has 5 nitrogen and oxygen atoms in total. The smallest absolute Gasteiger partial charge is 0.257 e. The van der Waals surface area contributed by atoms with Gasteiger partial charge < -0.3 is 14.8 Å². The van der Waals surface area contributed by atoms with Crippen LogP contribution in [0, 0.1) is 0 Å². The van der Waals surface area contributed by atoms with Crippen molar-refractivity contribution < 1.29 is 14.3 Å². The molecule has 1 fully saturated rings. The summed E-state index contributed by atoms with van der Waals surface area (Å²) in [6, 6.07) is 9.47. The Morgan fingerprint density at radius 1 is 1.15 bits per heavy atom. The first kappa shape index (κ1) is 18.0. The summed E-state index contributed by atoms with van der Waals surface area (Å²) in [7, 11) is 0. The number of carbonyl (C=O) groups is 1. The Labute approximate surface area is 160 Å². The molecule has 1 saturated heterocycles. The third kappa shape index (κ3) is 4.66. The summed E-state index contributed by atoms with van der Waals surface area (Å²) in [5.41, 5.74) is 3.72.